The third-order valence-electron chi connectivity index (χ3n) is 3.71. The molecule has 0 bridgehead atoms. The molecule has 126 valence electrons. The lowest BCUT2D eigenvalue weighted by Gasteiger charge is -2.24. The molecule has 1 heterocycles. The molecule has 1 aromatic rings. The second kappa shape index (κ2) is 6.74. The number of carbonyl (C=O) groups is 1. The van der Waals surface area contributed by atoms with Gasteiger partial charge in [0.1, 0.15) is 5.75 Å². The Kier molecular flexibility index (Phi) is 5.14. The lowest BCUT2D eigenvalue weighted by molar-refractivity contribution is -0.119. The first-order valence-corrected chi connectivity index (χ1v) is 8.21. The summed E-state index contributed by atoms with van der Waals surface area (Å²) in [7, 11) is 1.61. The second-order valence-electron chi connectivity index (χ2n) is 6.97. The number of carbonyl (C=O) groups excluding carboxylic acids is 1. The van der Waals surface area contributed by atoms with E-state index in [4.69, 9.17) is 17.0 Å². The van der Waals surface area contributed by atoms with E-state index in [1.807, 2.05) is 39.8 Å². The van der Waals surface area contributed by atoms with E-state index >= 15 is 0 Å². The van der Waals surface area contributed by atoms with Crippen LogP contribution in [0.15, 0.2) is 12.1 Å². The smallest absolute Gasteiger partial charge is 0.227 e. The zero-order valence-corrected chi connectivity index (χ0v) is 15.2. The number of thiocarbonyl (C=S) groups is 1. The van der Waals surface area contributed by atoms with E-state index in [9.17, 15) is 4.79 Å². The first-order chi connectivity index (χ1) is 10.7. The molecule has 1 amide bonds. The lowest BCUT2D eigenvalue weighted by Crippen LogP contribution is -2.43. The van der Waals surface area contributed by atoms with Gasteiger partial charge in [-0.1, -0.05) is 6.92 Å². The number of hydrogen-bond acceptors (Lipinski definition) is 3. The molecule has 3 N–H and O–H groups in total. The van der Waals surface area contributed by atoms with Crippen LogP contribution in [0.4, 0.5) is 11.4 Å². The SMILES string of the molecule is COc1cc2c(cc1NC(=S)NC(C)(C)C)CCC(C)C(=O)N2. The quantitative estimate of drug-likeness (QED) is 0.724. The summed E-state index contributed by atoms with van der Waals surface area (Å²) in [6, 6.07) is 3.86. The number of methoxy groups -OCH3 is 1. The Balaban J connectivity index is 2.28. The number of ether oxygens (including phenoxy) is 1. The van der Waals surface area contributed by atoms with Crippen molar-refractivity contribution in [3.05, 3.63) is 17.7 Å². The number of aryl methyl sites for hydroxylation is 1. The molecule has 0 aromatic heterocycles. The Bertz CT molecular complexity index is 623. The van der Waals surface area contributed by atoms with Gasteiger partial charge in [-0.15, -0.1) is 0 Å². The molecular formula is C17H25N3O2S. The molecule has 23 heavy (non-hydrogen) atoms. The summed E-state index contributed by atoms with van der Waals surface area (Å²) in [5, 5.41) is 9.93. The Morgan fingerprint density at radius 2 is 2.09 bits per heavy atom. The van der Waals surface area contributed by atoms with Crippen LogP contribution in [0.5, 0.6) is 5.75 Å². The van der Waals surface area contributed by atoms with E-state index in [2.05, 4.69) is 16.0 Å². The van der Waals surface area contributed by atoms with E-state index in [0.717, 1.165) is 29.8 Å². The molecule has 1 atom stereocenters. The number of nitrogens with one attached hydrogen (secondary N) is 3. The maximum atomic E-state index is 12.0. The lowest BCUT2D eigenvalue weighted by atomic mass is 10.0. The Morgan fingerprint density at radius 3 is 2.70 bits per heavy atom. The van der Waals surface area contributed by atoms with Crippen molar-refractivity contribution >= 4 is 34.6 Å². The molecule has 0 spiro atoms. The van der Waals surface area contributed by atoms with Crippen molar-refractivity contribution < 1.29 is 9.53 Å². The standard InChI is InChI=1S/C17H25N3O2S/c1-10-6-7-11-8-13(19-16(23)20-17(2,3)4)14(22-5)9-12(11)18-15(10)21/h8-10H,6-7H2,1-5H3,(H,18,21)(H2,19,20,23). The average Bonchev–Trinajstić information content (AvgIpc) is 2.56. The van der Waals surface area contributed by atoms with Crippen molar-refractivity contribution in [1.82, 2.24) is 5.32 Å². The third kappa shape index (κ3) is 4.58. The van der Waals surface area contributed by atoms with Gasteiger partial charge in [0.25, 0.3) is 0 Å². The van der Waals surface area contributed by atoms with Gasteiger partial charge >= 0.3 is 0 Å². The van der Waals surface area contributed by atoms with Crippen LogP contribution in [-0.4, -0.2) is 23.7 Å². The van der Waals surface area contributed by atoms with Crippen LogP contribution in [-0.2, 0) is 11.2 Å². The molecule has 0 fully saturated rings. The van der Waals surface area contributed by atoms with Gasteiger partial charge in [-0.3, -0.25) is 4.79 Å². The van der Waals surface area contributed by atoms with E-state index < -0.39 is 0 Å². The molecule has 0 saturated heterocycles. The number of anilines is 2. The van der Waals surface area contributed by atoms with Gasteiger partial charge in [-0.05, 0) is 57.5 Å². The fourth-order valence-electron chi connectivity index (χ4n) is 2.47. The maximum Gasteiger partial charge on any atom is 0.227 e. The minimum atomic E-state index is -0.119. The Hall–Kier alpha value is -1.82. The number of fused-ring (bicyclic) bond motifs is 1. The molecule has 0 saturated carbocycles. The van der Waals surface area contributed by atoms with E-state index in [1.165, 1.54) is 0 Å². The molecule has 1 aromatic carbocycles. The summed E-state index contributed by atoms with van der Waals surface area (Å²) in [6.07, 6.45) is 1.67. The highest BCUT2D eigenvalue weighted by Crippen LogP contribution is 2.34. The molecule has 6 heteroatoms. The normalized spacial score (nSPS) is 17.6. The van der Waals surface area contributed by atoms with Crippen LogP contribution in [0.25, 0.3) is 0 Å². The van der Waals surface area contributed by atoms with Gasteiger partial charge in [0.05, 0.1) is 12.8 Å². The molecule has 2 rings (SSSR count). The van der Waals surface area contributed by atoms with Gasteiger partial charge in [0.15, 0.2) is 5.11 Å². The molecule has 5 nitrogen and oxygen atoms in total. The zero-order valence-electron chi connectivity index (χ0n) is 14.4. The molecule has 1 aliphatic rings. The van der Waals surface area contributed by atoms with Gasteiger partial charge in [0.2, 0.25) is 5.91 Å². The number of hydrogen-bond donors (Lipinski definition) is 3. The highest BCUT2D eigenvalue weighted by Gasteiger charge is 2.22. The van der Waals surface area contributed by atoms with Gasteiger partial charge in [0, 0.05) is 23.2 Å². The molecular weight excluding hydrogens is 310 g/mol. The van der Waals surface area contributed by atoms with Crippen molar-refractivity contribution in [2.24, 2.45) is 5.92 Å². The first kappa shape index (κ1) is 17.5. The summed E-state index contributed by atoms with van der Waals surface area (Å²) in [4.78, 5) is 12.0. The van der Waals surface area contributed by atoms with Crippen molar-refractivity contribution in [3.63, 3.8) is 0 Å². The predicted octanol–water partition coefficient (Wildman–Crippen LogP) is 3.30. The second-order valence-corrected chi connectivity index (χ2v) is 7.38. The van der Waals surface area contributed by atoms with Crippen molar-refractivity contribution in [1.29, 1.82) is 0 Å². The van der Waals surface area contributed by atoms with Gasteiger partial charge in [-0.2, -0.15) is 0 Å². The molecule has 1 aliphatic heterocycles. The largest absolute Gasteiger partial charge is 0.494 e. The van der Waals surface area contributed by atoms with E-state index in [0.29, 0.717) is 10.9 Å². The topological polar surface area (TPSA) is 62.4 Å². The third-order valence-corrected chi connectivity index (χ3v) is 3.92. The van der Waals surface area contributed by atoms with Crippen molar-refractivity contribution in [2.45, 2.75) is 46.1 Å². The van der Waals surface area contributed by atoms with Crippen molar-refractivity contribution in [3.8, 4) is 5.75 Å². The summed E-state index contributed by atoms with van der Waals surface area (Å²) >= 11 is 5.36. The minimum Gasteiger partial charge on any atom is -0.494 e. The van der Waals surface area contributed by atoms with E-state index in [1.54, 1.807) is 7.11 Å². The highest BCUT2D eigenvalue weighted by molar-refractivity contribution is 7.80. The monoisotopic (exact) mass is 335 g/mol. The van der Waals surface area contributed by atoms with Crippen LogP contribution < -0.4 is 20.7 Å². The molecule has 0 radical (unpaired) electrons. The van der Waals surface area contributed by atoms with Gasteiger partial charge in [-0.25, -0.2) is 0 Å². The van der Waals surface area contributed by atoms with Gasteiger partial charge < -0.3 is 20.7 Å². The fraction of sp³-hybridized carbons (Fsp3) is 0.529. The van der Waals surface area contributed by atoms with E-state index in [-0.39, 0.29) is 17.4 Å². The summed E-state index contributed by atoms with van der Waals surface area (Å²) < 4.78 is 5.44. The van der Waals surface area contributed by atoms with Crippen LogP contribution in [0.2, 0.25) is 0 Å². The van der Waals surface area contributed by atoms with Crippen LogP contribution in [0.1, 0.15) is 39.7 Å². The minimum absolute atomic E-state index is 0.00781. The Labute approximate surface area is 143 Å². The average molecular weight is 335 g/mol. The summed E-state index contributed by atoms with van der Waals surface area (Å²) in [5.41, 5.74) is 2.59. The van der Waals surface area contributed by atoms with Crippen LogP contribution in [0.3, 0.4) is 0 Å². The maximum absolute atomic E-state index is 12.0. The Morgan fingerprint density at radius 1 is 1.39 bits per heavy atom. The number of benzene rings is 1. The fourth-order valence-corrected chi connectivity index (χ4v) is 2.88. The molecule has 0 aliphatic carbocycles. The van der Waals surface area contributed by atoms with Crippen LogP contribution >= 0.6 is 12.2 Å². The summed E-state index contributed by atoms with van der Waals surface area (Å²) in [6.45, 7) is 8.09. The predicted molar refractivity (Wildman–Crippen MR) is 98.2 cm³/mol. The number of rotatable bonds is 2. The summed E-state index contributed by atoms with van der Waals surface area (Å²) in [5.74, 6) is 0.710. The molecule has 1 unspecified atom stereocenters. The number of amides is 1. The highest BCUT2D eigenvalue weighted by atomic mass is 32.1. The van der Waals surface area contributed by atoms with Crippen molar-refractivity contribution in [2.75, 3.05) is 17.7 Å². The first-order valence-electron chi connectivity index (χ1n) is 7.80. The zero-order chi connectivity index (χ0) is 17.2. The van der Waals surface area contributed by atoms with Crippen LogP contribution in [0, 0.1) is 5.92 Å².